The van der Waals surface area contributed by atoms with Gasteiger partial charge in [-0.15, -0.1) is 0 Å². The summed E-state index contributed by atoms with van der Waals surface area (Å²) in [6.45, 7) is 13.6. The molecular weight excluding hydrogens is 588 g/mol. The zero-order valence-corrected chi connectivity index (χ0v) is 28.5. The van der Waals surface area contributed by atoms with Gasteiger partial charge in [0.15, 0.2) is 0 Å². The van der Waals surface area contributed by atoms with Crippen LogP contribution in [0.2, 0.25) is 0 Å². The molecule has 2 nitrogen and oxygen atoms in total. The summed E-state index contributed by atoms with van der Waals surface area (Å²) in [4.78, 5) is 5.14. The first-order valence-electron chi connectivity index (χ1n) is 16.6. The lowest BCUT2D eigenvalue weighted by Gasteiger charge is -2.43. The Hall–Kier alpha value is -4.60. The standard InChI is InChI=1S/C42H35B2NOS/c1-24-18-26(3)40(27(4)19-24)43-30-12-7-9-15-36(30)46-37-23-32-35(22-33(37)43)45-34-14-8-10-16-38(34)47-39-17-11-13-31(42(39)45)44(32)41-28(5)20-25(2)21-29(41)6/h7-23H,1-6H3. The van der Waals surface area contributed by atoms with E-state index in [1.807, 2.05) is 11.8 Å². The highest BCUT2D eigenvalue weighted by Crippen LogP contribution is 2.51. The monoisotopic (exact) mass is 623 g/mol. The summed E-state index contributed by atoms with van der Waals surface area (Å²) >= 11 is 1.89. The number of rotatable bonds is 2. The molecule has 0 aromatic heterocycles. The minimum Gasteiger partial charge on any atom is -0.458 e. The first-order chi connectivity index (χ1) is 22.8. The largest absolute Gasteiger partial charge is 0.458 e. The van der Waals surface area contributed by atoms with Crippen LogP contribution in [-0.4, -0.2) is 13.4 Å². The van der Waals surface area contributed by atoms with Crippen LogP contribution in [-0.2, 0) is 0 Å². The van der Waals surface area contributed by atoms with Crippen LogP contribution in [0.3, 0.4) is 0 Å². The second kappa shape index (κ2) is 10.5. The third kappa shape index (κ3) is 4.22. The molecular formula is C42H35B2NOS. The lowest BCUT2D eigenvalue weighted by atomic mass is 9.32. The van der Waals surface area contributed by atoms with Crippen molar-refractivity contribution in [1.82, 2.24) is 0 Å². The summed E-state index contributed by atoms with van der Waals surface area (Å²) in [5, 5.41) is 0. The molecule has 3 aliphatic rings. The summed E-state index contributed by atoms with van der Waals surface area (Å²) in [7, 11) is 0. The smallest absolute Gasteiger partial charge is 0.251 e. The summed E-state index contributed by atoms with van der Waals surface area (Å²) in [6, 6.07) is 38.6. The van der Waals surface area contributed by atoms with Crippen LogP contribution in [0, 0.1) is 41.5 Å². The van der Waals surface area contributed by atoms with E-state index in [1.54, 1.807) is 0 Å². The van der Waals surface area contributed by atoms with E-state index in [0.29, 0.717) is 0 Å². The van der Waals surface area contributed by atoms with Crippen molar-refractivity contribution < 1.29 is 4.74 Å². The fourth-order valence-corrected chi connectivity index (χ4v) is 9.93. The van der Waals surface area contributed by atoms with Crippen LogP contribution in [0.25, 0.3) is 0 Å². The molecule has 3 aliphatic heterocycles. The molecule has 0 aliphatic carbocycles. The van der Waals surface area contributed by atoms with Crippen LogP contribution in [0.5, 0.6) is 11.5 Å². The maximum atomic E-state index is 6.90. The molecule has 47 heavy (non-hydrogen) atoms. The Morgan fingerprint density at radius 3 is 1.77 bits per heavy atom. The molecule has 0 saturated carbocycles. The van der Waals surface area contributed by atoms with Crippen LogP contribution >= 0.6 is 11.8 Å². The lowest BCUT2D eigenvalue weighted by Crippen LogP contribution is -2.61. The Morgan fingerprint density at radius 1 is 0.489 bits per heavy atom. The molecule has 226 valence electrons. The van der Waals surface area contributed by atoms with Gasteiger partial charge in [-0.2, -0.15) is 0 Å². The molecule has 0 atom stereocenters. The van der Waals surface area contributed by atoms with Gasteiger partial charge in [0.2, 0.25) is 6.71 Å². The van der Waals surface area contributed by atoms with Crippen molar-refractivity contribution in [2.24, 2.45) is 0 Å². The number of ether oxygens (including phenoxy) is 1. The first-order valence-corrected chi connectivity index (χ1v) is 17.4. The number of fused-ring (bicyclic) bond motifs is 6. The topological polar surface area (TPSA) is 12.5 Å². The maximum Gasteiger partial charge on any atom is 0.251 e. The number of benzene rings is 6. The fourth-order valence-electron chi connectivity index (χ4n) is 8.83. The molecule has 0 bridgehead atoms. The number of nitrogens with zero attached hydrogens (tertiary/aromatic N) is 1. The third-order valence-corrected chi connectivity index (χ3v) is 11.5. The van der Waals surface area contributed by atoms with Gasteiger partial charge in [0, 0.05) is 15.5 Å². The predicted octanol–water partition coefficient (Wildman–Crippen LogP) is 6.92. The highest BCUT2D eigenvalue weighted by Gasteiger charge is 2.43. The number of para-hydroxylation sites is 3. The predicted molar refractivity (Wildman–Crippen MR) is 202 cm³/mol. The zero-order chi connectivity index (χ0) is 32.1. The van der Waals surface area contributed by atoms with E-state index in [0.717, 1.165) is 11.5 Å². The number of aryl methyl sites for hydroxylation is 6. The number of hydrogen-bond acceptors (Lipinski definition) is 3. The van der Waals surface area contributed by atoms with Gasteiger partial charge in [-0.3, -0.25) is 0 Å². The molecule has 0 radical (unpaired) electrons. The van der Waals surface area contributed by atoms with Crippen LogP contribution in [0.15, 0.2) is 113 Å². The first kappa shape index (κ1) is 28.6. The zero-order valence-electron chi connectivity index (χ0n) is 27.7. The van der Waals surface area contributed by atoms with E-state index in [2.05, 4.69) is 150 Å². The Labute approximate surface area is 283 Å². The minimum absolute atomic E-state index is 0.0631. The number of anilines is 3. The molecule has 5 heteroatoms. The number of hydrogen-bond donors (Lipinski definition) is 0. The third-order valence-electron chi connectivity index (χ3n) is 10.4. The summed E-state index contributed by atoms with van der Waals surface area (Å²) < 4.78 is 6.90. The molecule has 0 spiro atoms. The van der Waals surface area contributed by atoms with Gasteiger partial charge in [0.05, 0.1) is 11.4 Å². The van der Waals surface area contributed by atoms with Gasteiger partial charge >= 0.3 is 0 Å². The molecule has 0 saturated heterocycles. The summed E-state index contributed by atoms with van der Waals surface area (Å²) in [5.74, 6) is 1.90. The van der Waals surface area contributed by atoms with Gasteiger partial charge < -0.3 is 9.64 Å². The SMILES string of the molecule is Cc1cc(C)c(B2c3ccccc3Oc3cc4c(cc32)N2c3ccccc3Sc3cccc(c32)B4c2c(C)cc(C)cc2C)c(C)c1. The lowest BCUT2D eigenvalue weighted by molar-refractivity contribution is 0.488. The highest BCUT2D eigenvalue weighted by atomic mass is 32.2. The maximum absolute atomic E-state index is 6.90. The average Bonchev–Trinajstić information content (AvgIpc) is 3.03. The molecule has 0 fully saturated rings. The van der Waals surface area contributed by atoms with Gasteiger partial charge in [0.1, 0.15) is 11.5 Å². The molecule has 9 rings (SSSR count). The minimum atomic E-state index is 0.0631. The second-order valence-corrected chi connectivity index (χ2v) is 14.8. The van der Waals surface area contributed by atoms with Gasteiger partial charge in [0.25, 0.3) is 6.71 Å². The quantitative estimate of drug-likeness (QED) is 0.194. The van der Waals surface area contributed by atoms with Gasteiger partial charge in [-0.05, 0) is 99.8 Å². The molecule has 0 N–H and O–H groups in total. The molecule has 0 amide bonds. The van der Waals surface area contributed by atoms with E-state index >= 15 is 0 Å². The summed E-state index contributed by atoms with van der Waals surface area (Å²) in [6.07, 6.45) is 0. The average molecular weight is 623 g/mol. The van der Waals surface area contributed by atoms with E-state index in [9.17, 15) is 0 Å². The van der Waals surface area contributed by atoms with Crippen LogP contribution in [0.4, 0.5) is 17.1 Å². The Balaban J connectivity index is 1.39. The van der Waals surface area contributed by atoms with Gasteiger partial charge in [-0.25, -0.2) is 0 Å². The van der Waals surface area contributed by atoms with Crippen molar-refractivity contribution >= 4 is 75.0 Å². The van der Waals surface area contributed by atoms with Crippen molar-refractivity contribution in [1.29, 1.82) is 0 Å². The van der Waals surface area contributed by atoms with Crippen molar-refractivity contribution in [3.8, 4) is 11.5 Å². The Kier molecular flexibility index (Phi) is 6.36. The van der Waals surface area contributed by atoms with E-state index in [-0.39, 0.29) is 13.4 Å². The molecule has 0 unspecified atom stereocenters. The van der Waals surface area contributed by atoms with E-state index in [1.165, 1.54) is 93.0 Å². The van der Waals surface area contributed by atoms with E-state index < -0.39 is 0 Å². The van der Waals surface area contributed by atoms with Crippen molar-refractivity contribution in [3.63, 3.8) is 0 Å². The second-order valence-electron chi connectivity index (χ2n) is 13.7. The van der Waals surface area contributed by atoms with Gasteiger partial charge in [-0.1, -0.05) is 123 Å². The fraction of sp³-hybridized carbons (Fsp3) is 0.143. The normalized spacial score (nSPS) is 13.7. The molecule has 6 aromatic carbocycles. The van der Waals surface area contributed by atoms with Crippen LogP contribution < -0.4 is 42.4 Å². The Bertz CT molecular complexity index is 2260. The van der Waals surface area contributed by atoms with Crippen molar-refractivity contribution in [2.45, 2.75) is 51.3 Å². The van der Waals surface area contributed by atoms with Crippen LogP contribution in [0.1, 0.15) is 33.4 Å². The van der Waals surface area contributed by atoms with Crippen molar-refractivity contribution in [3.05, 3.63) is 137 Å². The Morgan fingerprint density at radius 2 is 1.06 bits per heavy atom. The highest BCUT2D eigenvalue weighted by molar-refractivity contribution is 7.99. The van der Waals surface area contributed by atoms with Crippen molar-refractivity contribution in [2.75, 3.05) is 4.90 Å². The summed E-state index contributed by atoms with van der Waals surface area (Å²) in [5.41, 5.74) is 19.6. The van der Waals surface area contributed by atoms with E-state index in [4.69, 9.17) is 4.74 Å². The molecule has 3 heterocycles. The molecule has 6 aromatic rings.